The summed E-state index contributed by atoms with van der Waals surface area (Å²) in [4.78, 5) is 4.39. The Morgan fingerprint density at radius 1 is 1.33 bits per heavy atom. The van der Waals surface area contributed by atoms with E-state index in [0.717, 1.165) is 29.2 Å². The van der Waals surface area contributed by atoms with Gasteiger partial charge in [-0.25, -0.2) is 4.98 Å². The molecule has 0 fully saturated rings. The highest BCUT2D eigenvalue weighted by atomic mass is 35.5. The van der Waals surface area contributed by atoms with E-state index in [9.17, 15) is 0 Å². The topological polar surface area (TPSA) is 34.1 Å². The molecule has 2 aromatic rings. The third-order valence-corrected chi connectivity index (χ3v) is 4.27. The number of aromatic nitrogens is 1. The fourth-order valence-corrected chi connectivity index (χ4v) is 3.18. The summed E-state index contributed by atoms with van der Waals surface area (Å²) in [5, 5.41) is 7.43. The van der Waals surface area contributed by atoms with Gasteiger partial charge in [-0.2, -0.15) is 0 Å². The molecule has 0 amide bonds. The SMILES string of the molecule is CCCNCc1cc(Cl)cc(Cl)c1OCc1nc(C)cs1. The molecule has 21 heavy (non-hydrogen) atoms. The molecule has 0 atom stereocenters. The molecule has 0 aliphatic rings. The van der Waals surface area contributed by atoms with E-state index in [2.05, 4.69) is 17.2 Å². The van der Waals surface area contributed by atoms with E-state index >= 15 is 0 Å². The second kappa shape index (κ2) is 7.99. The Balaban J connectivity index is 2.12. The van der Waals surface area contributed by atoms with E-state index < -0.39 is 0 Å². The van der Waals surface area contributed by atoms with E-state index in [1.54, 1.807) is 17.4 Å². The van der Waals surface area contributed by atoms with Crippen LogP contribution in [0, 0.1) is 6.92 Å². The maximum atomic E-state index is 6.26. The molecule has 0 saturated heterocycles. The second-order valence-electron chi connectivity index (χ2n) is 4.72. The van der Waals surface area contributed by atoms with E-state index in [1.165, 1.54) is 0 Å². The number of rotatable bonds is 7. The summed E-state index contributed by atoms with van der Waals surface area (Å²) < 4.78 is 5.87. The molecule has 6 heteroatoms. The number of thiazole rings is 1. The van der Waals surface area contributed by atoms with Crippen LogP contribution in [0.25, 0.3) is 0 Å². The van der Waals surface area contributed by atoms with Crippen molar-refractivity contribution in [3.8, 4) is 5.75 Å². The van der Waals surface area contributed by atoms with Gasteiger partial charge in [0.05, 0.1) is 5.02 Å². The van der Waals surface area contributed by atoms with Crippen molar-refractivity contribution in [3.05, 3.63) is 43.8 Å². The molecule has 3 nitrogen and oxygen atoms in total. The first-order valence-electron chi connectivity index (χ1n) is 6.82. The minimum Gasteiger partial charge on any atom is -0.485 e. The molecule has 1 aromatic heterocycles. The van der Waals surface area contributed by atoms with Crippen molar-refractivity contribution >= 4 is 34.5 Å². The average Bonchev–Trinajstić information content (AvgIpc) is 2.83. The Kier molecular flexibility index (Phi) is 6.30. The Morgan fingerprint density at radius 2 is 2.14 bits per heavy atom. The molecule has 0 aliphatic carbocycles. The molecule has 0 radical (unpaired) electrons. The largest absolute Gasteiger partial charge is 0.485 e. The van der Waals surface area contributed by atoms with Gasteiger partial charge in [0, 0.05) is 28.2 Å². The standard InChI is InChI=1S/C15H18Cl2N2OS/c1-3-4-18-7-11-5-12(16)6-13(17)15(11)20-8-14-19-10(2)9-21-14/h5-6,9,18H,3-4,7-8H2,1-2H3. The summed E-state index contributed by atoms with van der Waals surface area (Å²) >= 11 is 13.9. The highest BCUT2D eigenvalue weighted by Gasteiger charge is 2.12. The second-order valence-corrected chi connectivity index (χ2v) is 6.51. The minimum atomic E-state index is 0.417. The van der Waals surface area contributed by atoms with Gasteiger partial charge < -0.3 is 10.1 Å². The summed E-state index contributed by atoms with van der Waals surface area (Å²) in [7, 11) is 0. The summed E-state index contributed by atoms with van der Waals surface area (Å²) in [5.74, 6) is 0.678. The van der Waals surface area contributed by atoms with E-state index in [1.807, 2.05) is 18.4 Å². The van der Waals surface area contributed by atoms with Crippen LogP contribution in [0.4, 0.5) is 0 Å². The van der Waals surface area contributed by atoms with Gasteiger partial charge in [0.1, 0.15) is 17.4 Å². The first kappa shape index (κ1) is 16.6. The van der Waals surface area contributed by atoms with Crippen molar-refractivity contribution in [3.63, 3.8) is 0 Å². The zero-order valence-electron chi connectivity index (χ0n) is 12.1. The lowest BCUT2D eigenvalue weighted by molar-refractivity contribution is 0.301. The van der Waals surface area contributed by atoms with E-state index in [4.69, 9.17) is 27.9 Å². The number of halogens is 2. The predicted octanol–water partition coefficient (Wildman–Crippen LogP) is 4.84. The smallest absolute Gasteiger partial charge is 0.143 e. The molecule has 0 spiro atoms. The van der Waals surface area contributed by atoms with Crippen LogP contribution in [0.15, 0.2) is 17.5 Å². The normalized spacial score (nSPS) is 10.9. The van der Waals surface area contributed by atoms with E-state index in [-0.39, 0.29) is 0 Å². The molecule has 2 rings (SSSR count). The number of nitrogens with zero attached hydrogens (tertiary/aromatic N) is 1. The van der Waals surface area contributed by atoms with Crippen LogP contribution in [0.3, 0.4) is 0 Å². The van der Waals surface area contributed by atoms with Crippen LogP contribution in [0.1, 0.15) is 29.6 Å². The highest BCUT2D eigenvalue weighted by Crippen LogP contribution is 2.33. The number of nitrogens with one attached hydrogen (secondary N) is 1. The summed E-state index contributed by atoms with van der Waals surface area (Å²) in [6, 6.07) is 3.59. The molecule has 1 aromatic carbocycles. The molecule has 0 aliphatic heterocycles. The van der Waals surface area contributed by atoms with E-state index in [0.29, 0.717) is 28.9 Å². The Morgan fingerprint density at radius 3 is 2.81 bits per heavy atom. The van der Waals surface area contributed by atoms with Crippen molar-refractivity contribution in [2.45, 2.75) is 33.4 Å². The van der Waals surface area contributed by atoms with Crippen molar-refractivity contribution < 1.29 is 4.74 Å². The van der Waals surface area contributed by atoms with Crippen molar-refractivity contribution in [2.24, 2.45) is 0 Å². The molecule has 114 valence electrons. The van der Waals surface area contributed by atoms with Crippen LogP contribution in [0.2, 0.25) is 10.0 Å². The Hall–Kier alpha value is -0.810. The predicted molar refractivity (Wildman–Crippen MR) is 89.6 cm³/mol. The Labute approximate surface area is 139 Å². The third-order valence-electron chi connectivity index (χ3n) is 2.83. The zero-order valence-corrected chi connectivity index (χ0v) is 14.4. The van der Waals surface area contributed by atoms with Gasteiger partial charge in [-0.05, 0) is 32.0 Å². The van der Waals surface area contributed by atoms with Crippen LogP contribution in [-0.2, 0) is 13.2 Å². The van der Waals surface area contributed by atoms with Gasteiger partial charge >= 0.3 is 0 Å². The van der Waals surface area contributed by atoms with Crippen molar-refractivity contribution in [1.29, 1.82) is 0 Å². The first-order valence-corrected chi connectivity index (χ1v) is 8.46. The summed E-state index contributed by atoms with van der Waals surface area (Å²) in [6.45, 7) is 6.13. The van der Waals surface area contributed by atoms with Crippen molar-refractivity contribution in [1.82, 2.24) is 10.3 Å². The minimum absolute atomic E-state index is 0.417. The van der Waals surface area contributed by atoms with Gasteiger partial charge in [0.15, 0.2) is 0 Å². The lowest BCUT2D eigenvalue weighted by Crippen LogP contribution is -2.15. The maximum absolute atomic E-state index is 6.26. The molecule has 1 heterocycles. The molecule has 0 saturated carbocycles. The molecular formula is C15H18Cl2N2OS. The van der Waals surface area contributed by atoms with Crippen molar-refractivity contribution in [2.75, 3.05) is 6.54 Å². The summed E-state index contributed by atoms with van der Waals surface area (Å²) in [5.41, 5.74) is 1.97. The van der Waals surface area contributed by atoms with Gasteiger partial charge in [-0.1, -0.05) is 30.1 Å². The number of aryl methyl sites for hydroxylation is 1. The zero-order chi connectivity index (χ0) is 15.2. The number of ether oxygens (including phenoxy) is 1. The lowest BCUT2D eigenvalue weighted by Gasteiger charge is -2.13. The maximum Gasteiger partial charge on any atom is 0.143 e. The molecule has 0 unspecified atom stereocenters. The third kappa shape index (κ3) is 4.85. The lowest BCUT2D eigenvalue weighted by atomic mass is 10.2. The number of hydrogen-bond donors (Lipinski definition) is 1. The highest BCUT2D eigenvalue weighted by molar-refractivity contribution is 7.09. The fraction of sp³-hybridized carbons (Fsp3) is 0.400. The van der Waals surface area contributed by atoms with Gasteiger partial charge in [0.25, 0.3) is 0 Å². The van der Waals surface area contributed by atoms with Gasteiger partial charge in [0.2, 0.25) is 0 Å². The van der Waals surface area contributed by atoms with Crippen LogP contribution in [0.5, 0.6) is 5.75 Å². The number of hydrogen-bond acceptors (Lipinski definition) is 4. The number of benzene rings is 1. The monoisotopic (exact) mass is 344 g/mol. The quantitative estimate of drug-likeness (QED) is 0.730. The first-order chi connectivity index (χ1) is 10.1. The Bertz CT molecular complexity index is 601. The van der Waals surface area contributed by atoms with Gasteiger partial charge in [-0.3, -0.25) is 0 Å². The fourth-order valence-electron chi connectivity index (χ4n) is 1.91. The molecule has 0 bridgehead atoms. The van der Waals surface area contributed by atoms with Gasteiger partial charge in [-0.15, -0.1) is 11.3 Å². The van der Waals surface area contributed by atoms with Crippen LogP contribution in [-0.4, -0.2) is 11.5 Å². The molecular weight excluding hydrogens is 327 g/mol. The summed E-state index contributed by atoms with van der Waals surface area (Å²) in [6.07, 6.45) is 1.07. The average molecular weight is 345 g/mol. The van der Waals surface area contributed by atoms with Crippen LogP contribution < -0.4 is 10.1 Å². The molecule has 1 N–H and O–H groups in total. The van der Waals surface area contributed by atoms with Crippen LogP contribution >= 0.6 is 34.5 Å².